The standard InChI is InChI=1S/C30H28FNS.No/c1-3-32(24(2)23-33-29-21-13-20-28(31)22-29)30(25-14-7-4-8-15-25,26-16-9-5-10-17-26)27-18-11-6-12-19-27;/h4-22,24H,1-3,23H2;/q-2;/t24-;/m0./s1. The summed E-state index contributed by atoms with van der Waals surface area (Å²) in [4.78, 5) is 3.26. The van der Waals surface area contributed by atoms with Gasteiger partial charge in [0.15, 0.2) is 0 Å². The fourth-order valence-electron chi connectivity index (χ4n) is 4.50. The van der Waals surface area contributed by atoms with E-state index in [1.165, 1.54) is 6.07 Å². The monoisotopic (exact) mass is 712 g/mol. The van der Waals surface area contributed by atoms with Gasteiger partial charge in [-0.15, -0.1) is 24.3 Å². The molecule has 1 atom stereocenters. The summed E-state index contributed by atoms with van der Waals surface area (Å²) in [7, 11) is 0. The Hall–Kier alpha value is -3.88. The third kappa shape index (κ3) is 4.88. The Morgan fingerprint density at radius 2 is 1.21 bits per heavy atom. The molecular weight excluding hydrogens is 684 g/mol. The van der Waals surface area contributed by atoms with Crippen LogP contribution >= 0.6 is 11.8 Å². The number of halogens is 1. The van der Waals surface area contributed by atoms with E-state index >= 15 is 0 Å². The van der Waals surface area contributed by atoms with Crippen molar-refractivity contribution in [1.82, 2.24) is 4.90 Å². The van der Waals surface area contributed by atoms with Crippen molar-refractivity contribution in [3.63, 3.8) is 0 Å². The molecule has 0 aliphatic rings. The molecule has 4 aromatic carbocycles. The zero-order valence-corrected chi connectivity index (χ0v) is 21.9. The van der Waals surface area contributed by atoms with Crippen LogP contribution in [0.1, 0.15) is 16.7 Å². The molecule has 0 unspecified atom stereocenters. The van der Waals surface area contributed by atoms with E-state index in [-0.39, 0.29) is 11.9 Å². The Bertz CT molecular complexity index is 1040. The van der Waals surface area contributed by atoms with Crippen LogP contribution in [0.2, 0.25) is 0 Å². The average Bonchev–Trinajstić information content (AvgIpc) is 2.87. The second kappa shape index (κ2) is 11.3. The quantitative estimate of drug-likeness (QED) is 0.102. The number of rotatable bonds is 9. The molecule has 34 heavy (non-hydrogen) atoms. The van der Waals surface area contributed by atoms with E-state index in [1.807, 2.05) is 24.3 Å². The van der Waals surface area contributed by atoms with Crippen molar-refractivity contribution >= 4 is 11.8 Å². The first kappa shape index (κ1) is 24.8. The number of nitrogens with zero attached hydrogens (tertiary/aromatic N) is 1. The van der Waals surface area contributed by atoms with Gasteiger partial charge in [0.25, 0.3) is 0 Å². The van der Waals surface area contributed by atoms with Gasteiger partial charge in [-0.2, -0.15) is 0 Å². The van der Waals surface area contributed by atoms with E-state index in [9.17, 15) is 4.39 Å². The molecule has 4 heteroatoms. The van der Waals surface area contributed by atoms with E-state index in [0.717, 1.165) is 21.6 Å². The fraction of sp³-hybridized carbons (Fsp3) is 0.133. The first-order chi connectivity index (χ1) is 16.2. The van der Waals surface area contributed by atoms with Gasteiger partial charge >= 0.3 is 0 Å². The zero-order valence-electron chi connectivity index (χ0n) is 18.9. The van der Waals surface area contributed by atoms with Gasteiger partial charge in [0.05, 0.1) is 5.54 Å². The van der Waals surface area contributed by atoms with Gasteiger partial charge in [-0.3, -0.25) is 0 Å². The smallest absolute Gasteiger partial charge is 0.124 e. The van der Waals surface area contributed by atoms with Crippen molar-refractivity contribution < 1.29 is 4.39 Å². The van der Waals surface area contributed by atoms with Crippen molar-refractivity contribution in [2.45, 2.75) is 16.5 Å². The molecule has 0 radical (unpaired) electrons. The molecule has 1 nitrogen and oxygen atoms in total. The Kier molecular flexibility index (Phi) is 8.24. The summed E-state index contributed by atoms with van der Waals surface area (Å²) in [5, 5.41) is 0. The molecule has 0 N–H and O–H groups in total. The van der Waals surface area contributed by atoms with Crippen LogP contribution in [0.4, 0.5) is 4.39 Å². The van der Waals surface area contributed by atoms with E-state index in [4.69, 9.17) is 0 Å². The second-order valence-electron chi connectivity index (χ2n) is 7.92. The van der Waals surface area contributed by atoms with Crippen molar-refractivity contribution in [1.29, 1.82) is 0 Å². The van der Waals surface area contributed by atoms with Crippen LogP contribution < -0.4 is 0 Å². The van der Waals surface area contributed by atoms with Crippen LogP contribution in [-0.4, -0.2) is 23.2 Å². The number of hydrogen-bond donors (Lipinski definition) is 0. The fourth-order valence-corrected chi connectivity index (χ4v) is 5.43. The maximum Gasteiger partial charge on any atom is 0.124 e. The third-order valence-corrected chi connectivity index (χ3v) is 7.06. The normalized spacial score (nSPS) is 12.2. The molecule has 0 fully saturated rings. The van der Waals surface area contributed by atoms with Gasteiger partial charge in [-0.05, 0) is 40.6 Å². The van der Waals surface area contributed by atoms with E-state index in [0.29, 0.717) is 12.3 Å². The maximum absolute atomic E-state index is 13.7. The van der Waals surface area contributed by atoms with Gasteiger partial charge in [0, 0.05) is 4.90 Å². The third-order valence-electron chi connectivity index (χ3n) is 5.93. The van der Waals surface area contributed by atoms with E-state index in [1.54, 1.807) is 23.9 Å². The van der Waals surface area contributed by atoms with Crippen LogP contribution in [0.3, 0.4) is 0 Å². The molecule has 0 bridgehead atoms. The summed E-state index contributed by atoms with van der Waals surface area (Å²) in [6, 6.07) is 38.3. The van der Waals surface area contributed by atoms with Gasteiger partial charge in [0.2, 0.25) is 0 Å². The summed E-state index contributed by atoms with van der Waals surface area (Å²) < 4.78 is 13.7. The van der Waals surface area contributed by atoms with Crippen LogP contribution in [-0.2, 0) is 5.54 Å². The molecule has 0 aliphatic carbocycles. The summed E-state index contributed by atoms with van der Waals surface area (Å²) in [6.07, 6.45) is 0. The molecule has 0 saturated heterocycles. The second-order valence-corrected chi connectivity index (χ2v) is 9.02. The molecule has 182 valence electrons. The molecular formula is C30H28FNNoS-2. The first-order valence-corrected chi connectivity index (χ1v) is 12.1. The molecule has 4 rings (SSSR count). The molecule has 4 aromatic rings. The minimum absolute atomic E-state index is 0. The van der Waals surface area contributed by atoms with Crippen molar-refractivity contribution in [3.05, 3.63) is 152 Å². The molecule has 0 aromatic heterocycles. The van der Waals surface area contributed by atoms with Gasteiger partial charge in [0.1, 0.15) is 5.82 Å². The molecule has 0 saturated carbocycles. The number of thioether (sulfide) groups is 1. The maximum atomic E-state index is 13.7. The van der Waals surface area contributed by atoms with E-state index in [2.05, 4.69) is 91.5 Å². The summed E-state index contributed by atoms with van der Waals surface area (Å²) in [5.74, 6) is 0.481. The summed E-state index contributed by atoms with van der Waals surface area (Å²) in [5.41, 5.74) is 2.92. The Balaban J connectivity index is 0.00000324. The molecule has 0 spiro atoms. The Morgan fingerprint density at radius 3 is 1.62 bits per heavy atom. The molecule has 0 amide bonds. The van der Waals surface area contributed by atoms with Crippen LogP contribution in [0.15, 0.2) is 120 Å². The molecule has 0 heterocycles. The van der Waals surface area contributed by atoms with Gasteiger partial charge in [-0.1, -0.05) is 97.1 Å². The number of hydrogen-bond acceptors (Lipinski definition) is 2. The van der Waals surface area contributed by atoms with Crippen molar-refractivity contribution in [2.24, 2.45) is 0 Å². The predicted octanol–water partition coefficient (Wildman–Crippen LogP) is 7.25. The van der Waals surface area contributed by atoms with Crippen molar-refractivity contribution in [3.8, 4) is 0 Å². The van der Waals surface area contributed by atoms with Crippen LogP contribution in [0, 0.1) is 19.7 Å². The SMILES string of the molecule is [CH2-]CN([C@@H]([CH2-])CSc1cccc(F)c1)C(c1ccccc1)(c1ccccc1)c1ccccc1.[No]. The summed E-state index contributed by atoms with van der Waals surface area (Å²) in [6.45, 7) is 9.45. The van der Waals surface area contributed by atoms with Crippen LogP contribution in [0.5, 0.6) is 0 Å². The average molecular weight is 713 g/mol. The Morgan fingerprint density at radius 1 is 0.735 bits per heavy atom. The topological polar surface area (TPSA) is 3.24 Å². The predicted molar refractivity (Wildman–Crippen MR) is 138 cm³/mol. The summed E-state index contributed by atoms with van der Waals surface area (Å²) >= 11 is 1.62. The van der Waals surface area contributed by atoms with Gasteiger partial charge < -0.3 is 18.7 Å². The Labute approximate surface area is 201 Å². The van der Waals surface area contributed by atoms with Gasteiger partial charge in [-0.25, -0.2) is 4.39 Å². The van der Waals surface area contributed by atoms with Crippen LogP contribution in [0.25, 0.3) is 0 Å². The number of benzene rings is 4. The zero-order chi connectivity index (χ0) is 23.1. The first-order valence-electron chi connectivity index (χ1n) is 11.1. The van der Waals surface area contributed by atoms with E-state index < -0.39 is 5.54 Å². The largest absolute Gasteiger partial charge is 0.342 e. The molecule has 0 aliphatic heterocycles. The minimum Gasteiger partial charge on any atom is -0.342 e. The minimum atomic E-state index is -0.569. The van der Waals surface area contributed by atoms with Crippen molar-refractivity contribution in [2.75, 3.05) is 12.3 Å².